The summed E-state index contributed by atoms with van der Waals surface area (Å²) in [5.41, 5.74) is 13.3. The molecule has 0 spiro atoms. The first-order valence-electron chi connectivity index (χ1n) is 21.8. The molecule has 57 heavy (non-hydrogen) atoms. The van der Waals surface area contributed by atoms with E-state index < -0.39 is 0 Å². The third-order valence-corrected chi connectivity index (χ3v) is 14.1. The van der Waals surface area contributed by atoms with Gasteiger partial charge in [0.05, 0.1) is 21.9 Å². The maximum Gasteiger partial charge on any atom is 0.220 e. The van der Waals surface area contributed by atoms with E-state index in [4.69, 9.17) is 0 Å². The Labute approximate surface area is 339 Å². The van der Waals surface area contributed by atoms with Crippen molar-refractivity contribution in [2.45, 2.75) is 110 Å². The van der Waals surface area contributed by atoms with E-state index in [9.17, 15) is 0 Å². The maximum absolute atomic E-state index is 2.73. The summed E-state index contributed by atoms with van der Waals surface area (Å²) in [6.07, 6.45) is 13.9. The van der Waals surface area contributed by atoms with Crippen molar-refractivity contribution in [2.75, 3.05) is 0 Å². The van der Waals surface area contributed by atoms with Crippen molar-refractivity contribution >= 4 is 38.1 Å². The minimum Gasteiger partial charge on any atom is -0.340 e. The molecule has 8 aromatic rings. The van der Waals surface area contributed by atoms with Crippen LogP contribution in [0.25, 0.3) is 60.5 Å². The predicted molar refractivity (Wildman–Crippen MR) is 240 cm³/mol. The molecule has 0 N–H and O–H groups in total. The number of rotatable bonds is 11. The zero-order valence-corrected chi connectivity index (χ0v) is 35.1. The molecule has 5 heterocycles. The molecule has 9 rings (SSSR count). The molecule has 1 aliphatic rings. The first-order valence-corrected chi connectivity index (χ1v) is 21.8. The fourth-order valence-corrected chi connectivity index (χ4v) is 11.0. The molecule has 3 unspecified atom stereocenters. The quantitative estimate of drug-likeness (QED) is 0.0923. The number of pyridine rings is 3. The van der Waals surface area contributed by atoms with E-state index in [1.165, 1.54) is 96.4 Å². The Bertz CT molecular complexity index is 2770. The van der Waals surface area contributed by atoms with Gasteiger partial charge in [-0.15, -0.1) is 0 Å². The highest BCUT2D eigenvalue weighted by Gasteiger charge is 2.59. The first kappa shape index (κ1) is 37.3. The van der Waals surface area contributed by atoms with E-state index in [1.807, 2.05) is 0 Å². The first-order chi connectivity index (χ1) is 27.7. The number of para-hydroxylation sites is 1. The summed E-state index contributed by atoms with van der Waals surface area (Å²) in [6, 6.07) is 43.8. The second kappa shape index (κ2) is 14.6. The van der Waals surface area contributed by atoms with Crippen molar-refractivity contribution < 1.29 is 8.97 Å². The van der Waals surface area contributed by atoms with Gasteiger partial charge in [-0.2, -0.15) is 8.97 Å². The molecular weight excluding hydrogens is 691 g/mol. The van der Waals surface area contributed by atoms with E-state index in [0.717, 1.165) is 25.8 Å². The predicted octanol–water partition coefficient (Wildman–Crippen LogP) is 13.3. The Kier molecular flexibility index (Phi) is 9.55. The summed E-state index contributed by atoms with van der Waals surface area (Å²) in [6.45, 7) is 17.9. The number of nitrogens with zero attached hydrogens (tertiary/aromatic N) is 3. The molecule has 3 atom stereocenters. The molecule has 1 aliphatic heterocycles. The zero-order valence-electron chi connectivity index (χ0n) is 35.1. The SMILES string of the molecule is CCCCC(C)c1cc2[n+](cc1-c1ccccc1)C(C)(CC)C(CC)(Cc1c[n+]3ccccc3c3c1ccc1c4ccccc4n(CC(C)C)c13)c1ccccc1-2. The van der Waals surface area contributed by atoms with Crippen LogP contribution in [0, 0.1) is 5.92 Å². The Morgan fingerprint density at radius 2 is 1.44 bits per heavy atom. The van der Waals surface area contributed by atoms with Crippen LogP contribution < -0.4 is 8.97 Å². The van der Waals surface area contributed by atoms with E-state index in [-0.39, 0.29) is 11.0 Å². The highest BCUT2D eigenvalue weighted by Crippen LogP contribution is 2.53. The number of unbranched alkanes of at least 4 members (excludes halogenated alkanes) is 1. The maximum atomic E-state index is 2.73. The van der Waals surface area contributed by atoms with Crippen LogP contribution in [-0.4, -0.2) is 4.57 Å². The van der Waals surface area contributed by atoms with Gasteiger partial charge in [0, 0.05) is 65.5 Å². The van der Waals surface area contributed by atoms with Gasteiger partial charge in [0.15, 0.2) is 24.1 Å². The lowest BCUT2D eigenvalue weighted by Crippen LogP contribution is -2.69. The zero-order chi connectivity index (χ0) is 39.5. The van der Waals surface area contributed by atoms with Crippen LogP contribution in [0.2, 0.25) is 0 Å². The minimum atomic E-state index is -0.209. The van der Waals surface area contributed by atoms with Crippen LogP contribution in [0.4, 0.5) is 0 Å². The lowest BCUT2D eigenvalue weighted by Gasteiger charge is -2.48. The molecule has 0 amide bonds. The van der Waals surface area contributed by atoms with Crippen LogP contribution in [0.5, 0.6) is 0 Å². The lowest BCUT2D eigenvalue weighted by atomic mass is 9.57. The summed E-state index contributed by atoms with van der Waals surface area (Å²) in [5, 5.41) is 5.41. The van der Waals surface area contributed by atoms with E-state index in [2.05, 4.69) is 196 Å². The van der Waals surface area contributed by atoms with Crippen molar-refractivity contribution in [3.63, 3.8) is 0 Å². The molecule has 0 saturated carbocycles. The van der Waals surface area contributed by atoms with E-state index in [1.54, 1.807) is 0 Å². The lowest BCUT2D eigenvalue weighted by molar-refractivity contribution is -0.765. The average molecular weight is 750 g/mol. The van der Waals surface area contributed by atoms with E-state index in [0.29, 0.717) is 11.8 Å². The van der Waals surface area contributed by atoms with Crippen LogP contribution in [-0.2, 0) is 23.9 Å². The summed E-state index contributed by atoms with van der Waals surface area (Å²) in [5.74, 6) is 0.981. The third kappa shape index (κ3) is 5.75. The number of hydrogen-bond donors (Lipinski definition) is 0. The van der Waals surface area contributed by atoms with Gasteiger partial charge in [-0.25, -0.2) is 0 Å². The van der Waals surface area contributed by atoms with Gasteiger partial charge in [-0.3, -0.25) is 0 Å². The molecule has 0 aliphatic carbocycles. The minimum absolute atomic E-state index is 0.186. The molecule has 288 valence electrons. The highest BCUT2D eigenvalue weighted by atomic mass is 15.1. The molecule has 0 radical (unpaired) electrons. The third-order valence-electron chi connectivity index (χ3n) is 14.1. The van der Waals surface area contributed by atoms with Crippen molar-refractivity contribution in [3.05, 3.63) is 151 Å². The van der Waals surface area contributed by atoms with Gasteiger partial charge in [0.25, 0.3) is 0 Å². The highest BCUT2D eigenvalue weighted by molar-refractivity contribution is 6.21. The van der Waals surface area contributed by atoms with Crippen LogP contribution >= 0.6 is 0 Å². The van der Waals surface area contributed by atoms with Crippen LogP contribution in [0.1, 0.15) is 103 Å². The smallest absolute Gasteiger partial charge is 0.220 e. The summed E-state index contributed by atoms with van der Waals surface area (Å²) >= 11 is 0. The van der Waals surface area contributed by atoms with E-state index >= 15 is 0 Å². The van der Waals surface area contributed by atoms with Gasteiger partial charge < -0.3 is 4.57 Å². The Morgan fingerprint density at radius 3 is 2.21 bits per heavy atom. The largest absolute Gasteiger partial charge is 0.340 e. The summed E-state index contributed by atoms with van der Waals surface area (Å²) in [4.78, 5) is 0. The number of benzene rings is 4. The molecule has 4 aromatic heterocycles. The fraction of sp³-hybridized carbons (Fsp3) is 0.333. The number of aromatic nitrogens is 3. The monoisotopic (exact) mass is 749 g/mol. The Morgan fingerprint density at radius 1 is 0.702 bits per heavy atom. The van der Waals surface area contributed by atoms with Crippen molar-refractivity contribution in [1.82, 2.24) is 4.57 Å². The molecule has 0 saturated heterocycles. The number of fused-ring (bicyclic) bond motifs is 10. The van der Waals surface area contributed by atoms with Gasteiger partial charge in [0.2, 0.25) is 11.2 Å². The Balaban J connectivity index is 1.33. The van der Waals surface area contributed by atoms with Crippen LogP contribution in [0.3, 0.4) is 0 Å². The number of hydrogen-bond acceptors (Lipinski definition) is 0. The van der Waals surface area contributed by atoms with Crippen molar-refractivity contribution in [3.8, 4) is 22.4 Å². The topological polar surface area (TPSA) is 12.9 Å². The normalized spacial score (nSPS) is 18.5. The van der Waals surface area contributed by atoms with Gasteiger partial charge in [0.1, 0.15) is 0 Å². The van der Waals surface area contributed by atoms with Gasteiger partial charge in [-0.1, -0.05) is 133 Å². The van der Waals surface area contributed by atoms with Gasteiger partial charge in [-0.05, 0) is 71.4 Å². The molecule has 4 aromatic carbocycles. The van der Waals surface area contributed by atoms with Crippen molar-refractivity contribution in [1.29, 1.82) is 0 Å². The van der Waals surface area contributed by atoms with Gasteiger partial charge >= 0.3 is 0 Å². The van der Waals surface area contributed by atoms with Crippen molar-refractivity contribution in [2.24, 2.45) is 5.92 Å². The average Bonchev–Trinajstić information content (AvgIpc) is 3.56. The molecule has 0 bridgehead atoms. The molecule has 3 nitrogen and oxygen atoms in total. The summed E-state index contributed by atoms with van der Waals surface area (Å²) < 4.78 is 7.76. The second-order valence-corrected chi connectivity index (χ2v) is 17.6. The molecule has 0 fully saturated rings. The fourth-order valence-electron chi connectivity index (χ4n) is 11.0. The molecule has 3 heteroatoms. The Hall–Kier alpha value is -5.28. The second-order valence-electron chi connectivity index (χ2n) is 17.6. The van der Waals surface area contributed by atoms with Crippen LogP contribution in [0.15, 0.2) is 134 Å². The summed E-state index contributed by atoms with van der Waals surface area (Å²) in [7, 11) is 0. The standard InChI is InChI=1S/C54H59N3/c1-8-11-21-38(6)45-32-50-44-25-15-17-26-47(44)54(10-3,53(7,9-2)57(50)36-46(45)39-22-13-12-14-23-39)33-40-35-55-31-20-19-28-49(55)51-41(40)29-30-43-42-24-16-18-27-48(42)56(52(43)51)34-37(4)5/h12-20,22-32,35-38H,8-11,21,33-34H2,1-7H3/q+2. The molecular formula is C54H59N3+2.